The van der Waals surface area contributed by atoms with Gasteiger partial charge in [0.15, 0.2) is 5.54 Å². The second-order valence-corrected chi connectivity index (χ2v) is 3.37. The molecule has 0 unspecified atom stereocenters. The Labute approximate surface area is 209 Å². The van der Waals surface area contributed by atoms with E-state index >= 15 is 0 Å². The van der Waals surface area contributed by atoms with Crippen LogP contribution in [0.3, 0.4) is 0 Å². The molecule has 0 aliphatic carbocycles. The summed E-state index contributed by atoms with van der Waals surface area (Å²) in [5.41, 5.74) is -2.34. The summed E-state index contributed by atoms with van der Waals surface area (Å²) in [4.78, 5) is 42.3. The van der Waals surface area contributed by atoms with Crippen molar-refractivity contribution in [1.29, 1.82) is 0 Å². The Morgan fingerprint density at radius 1 is 0.857 bits per heavy atom. The first-order valence-corrected chi connectivity index (χ1v) is 4.34. The van der Waals surface area contributed by atoms with E-state index < -0.39 is 42.5 Å². The van der Waals surface area contributed by atoms with Crippen LogP contribution in [0.5, 0.6) is 0 Å². The van der Waals surface area contributed by atoms with E-state index in [-0.39, 0.29) is 123 Å². The fourth-order valence-electron chi connectivity index (χ4n) is 1.17. The Balaban J connectivity index is -0.000000213. The molecule has 13 heteroatoms. The molecule has 9 nitrogen and oxygen atoms in total. The minimum Gasteiger partial charge on any atom is -0.481 e. The Hall–Kier alpha value is 1.68. The van der Waals surface area contributed by atoms with Crippen LogP contribution >= 0.6 is 0 Å². The molecule has 0 aromatic heterocycles. The third-order valence-electron chi connectivity index (χ3n) is 2.16. The number of hydrogen-bond acceptors (Lipinski definition) is 4. The molecule has 0 saturated heterocycles. The topological polar surface area (TPSA) is 152 Å². The fraction of sp³-hybridized carbons (Fsp3) is 0.500. The van der Waals surface area contributed by atoms with Crippen molar-refractivity contribution in [2.24, 2.45) is 0 Å². The van der Waals surface area contributed by atoms with E-state index in [1.807, 2.05) is 0 Å². The molecular formula is C8H11NNa4O8. The number of nitrogens with zero attached hydrogens (tertiary/aromatic N) is 1. The van der Waals surface area contributed by atoms with Gasteiger partial charge in [0.2, 0.25) is 0 Å². The van der Waals surface area contributed by atoms with Gasteiger partial charge in [0.05, 0.1) is 0 Å². The number of rotatable bonds is 5. The van der Waals surface area contributed by atoms with E-state index in [2.05, 4.69) is 0 Å². The van der Waals surface area contributed by atoms with E-state index in [9.17, 15) is 19.2 Å². The van der Waals surface area contributed by atoms with Crippen LogP contribution in [0.2, 0.25) is 0 Å². The molecule has 0 aromatic carbocycles. The van der Waals surface area contributed by atoms with Crippen LogP contribution in [0, 0.1) is 0 Å². The summed E-state index contributed by atoms with van der Waals surface area (Å²) < 4.78 is 0. The summed E-state index contributed by atoms with van der Waals surface area (Å²) in [6.45, 7) is 0.834. The zero-order valence-corrected chi connectivity index (χ0v) is 20.8. The fourth-order valence-corrected chi connectivity index (χ4v) is 1.17. The van der Waals surface area contributed by atoms with Crippen molar-refractivity contribution >= 4 is 142 Å². The van der Waals surface area contributed by atoms with Crippen molar-refractivity contribution in [3.63, 3.8) is 0 Å². The Morgan fingerprint density at radius 3 is 1.38 bits per heavy atom. The number of carboxylic acids is 2. The first-order valence-electron chi connectivity index (χ1n) is 4.34. The zero-order chi connectivity index (χ0) is 13.8. The van der Waals surface area contributed by atoms with Gasteiger partial charge >= 0.3 is 24.1 Å². The quantitative estimate of drug-likeness (QED) is 0.456. The Morgan fingerprint density at radius 2 is 1.19 bits per heavy atom. The largest absolute Gasteiger partial charge is 0.481 e. The Bertz CT molecular complexity index is 365. The van der Waals surface area contributed by atoms with Crippen LogP contribution < -0.4 is 0 Å². The smallest absolute Gasteiger partial charge is 0.417 e. The molecule has 2 amide bonds. The van der Waals surface area contributed by atoms with E-state index in [1.165, 1.54) is 0 Å². The summed E-state index contributed by atoms with van der Waals surface area (Å²) in [5.74, 6) is -3.09. The predicted molar refractivity (Wildman–Crippen MR) is 73.8 cm³/mol. The molecule has 0 saturated carbocycles. The summed E-state index contributed by atoms with van der Waals surface area (Å²) in [5, 5.41) is 34.5. The molecule has 1 atom stereocenters. The molecule has 4 radical (unpaired) electrons. The number of aliphatic carboxylic acids is 2. The molecule has 0 rings (SSSR count). The van der Waals surface area contributed by atoms with E-state index in [0.717, 1.165) is 6.92 Å². The van der Waals surface area contributed by atoms with Crippen molar-refractivity contribution in [2.45, 2.75) is 25.3 Å². The SMILES string of the molecule is C[C@](CCC(=O)O)(C(=O)O)N(C(=O)O)C(=O)O.[Na].[Na].[Na].[Na]. The molecule has 0 aliphatic rings. The van der Waals surface area contributed by atoms with Gasteiger partial charge in [-0.05, 0) is 13.3 Å². The molecule has 0 aromatic rings. The predicted octanol–water partition coefficient (Wildman–Crippen LogP) is -1.17. The zero-order valence-electron chi connectivity index (χ0n) is 12.8. The average molecular weight is 341 g/mol. The molecule has 0 fully saturated rings. The maximum Gasteiger partial charge on any atom is 0.417 e. The summed E-state index contributed by atoms with van der Waals surface area (Å²) >= 11 is 0. The average Bonchev–Trinajstić information content (AvgIpc) is 2.13. The molecule has 4 N–H and O–H groups in total. The van der Waals surface area contributed by atoms with Crippen LogP contribution in [-0.4, -0.2) is 173 Å². The van der Waals surface area contributed by atoms with Gasteiger partial charge in [-0.15, -0.1) is 0 Å². The molecule has 100 valence electrons. The summed E-state index contributed by atoms with van der Waals surface area (Å²) in [7, 11) is 0. The van der Waals surface area contributed by atoms with Crippen molar-refractivity contribution in [3.8, 4) is 0 Å². The molecule has 0 bridgehead atoms. The molecule has 0 aliphatic heterocycles. The minimum absolute atomic E-state index is 0. The molecular weight excluding hydrogens is 330 g/mol. The molecule has 21 heavy (non-hydrogen) atoms. The van der Waals surface area contributed by atoms with Gasteiger partial charge in [-0.2, -0.15) is 4.90 Å². The van der Waals surface area contributed by atoms with Crippen molar-refractivity contribution in [2.75, 3.05) is 0 Å². The van der Waals surface area contributed by atoms with Crippen LogP contribution in [0.1, 0.15) is 19.8 Å². The number of imide groups is 1. The first-order chi connectivity index (χ1) is 7.62. The molecule has 0 spiro atoms. The van der Waals surface area contributed by atoms with Crippen LogP contribution in [0.25, 0.3) is 0 Å². The van der Waals surface area contributed by atoms with Gasteiger partial charge in [-0.25, -0.2) is 14.4 Å². The summed E-state index contributed by atoms with van der Waals surface area (Å²) in [6, 6.07) is 0. The van der Waals surface area contributed by atoms with Gasteiger partial charge in [0.1, 0.15) is 0 Å². The number of carboxylic acid groups (broad SMARTS) is 4. The van der Waals surface area contributed by atoms with Gasteiger partial charge in [-0.3, -0.25) is 4.79 Å². The van der Waals surface area contributed by atoms with Crippen LogP contribution in [0.4, 0.5) is 9.59 Å². The normalized spacial score (nSPS) is 10.9. The second kappa shape index (κ2) is 15.2. The van der Waals surface area contributed by atoms with E-state index in [0.29, 0.717) is 0 Å². The Kier molecular flexibility index (Phi) is 24.7. The summed E-state index contributed by atoms with van der Waals surface area (Å²) in [6.07, 6.45) is -5.28. The van der Waals surface area contributed by atoms with Crippen molar-refractivity contribution in [1.82, 2.24) is 4.90 Å². The maximum atomic E-state index is 10.9. The molecule has 0 heterocycles. The number of hydrogen-bond donors (Lipinski definition) is 4. The number of carbonyl (C=O) groups is 4. The third kappa shape index (κ3) is 11.0. The number of amides is 2. The monoisotopic (exact) mass is 341 g/mol. The van der Waals surface area contributed by atoms with Gasteiger partial charge in [-0.1, -0.05) is 0 Å². The van der Waals surface area contributed by atoms with Gasteiger partial charge < -0.3 is 20.4 Å². The first kappa shape index (κ1) is 34.1. The van der Waals surface area contributed by atoms with Crippen LogP contribution in [0.15, 0.2) is 0 Å². The maximum absolute atomic E-state index is 10.9. The van der Waals surface area contributed by atoms with E-state index in [4.69, 9.17) is 20.4 Å². The van der Waals surface area contributed by atoms with Gasteiger partial charge in [0.25, 0.3) is 0 Å². The minimum atomic E-state index is -2.34. The second-order valence-electron chi connectivity index (χ2n) is 3.37. The van der Waals surface area contributed by atoms with Crippen molar-refractivity contribution < 1.29 is 39.6 Å². The third-order valence-corrected chi connectivity index (χ3v) is 2.16. The van der Waals surface area contributed by atoms with Gasteiger partial charge in [0, 0.05) is 125 Å². The van der Waals surface area contributed by atoms with Crippen molar-refractivity contribution in [3.05, 3.63) is 0 Å². The van der Waals surface area contributed by atoms with E-state index in [1.54, 1.807) is 0 Å². The standard InChI is InChI=1S/C8H11NO8.4Na/c1-8(5(12)13,3-2-4(10)11)9(6(14)15)7(16)17;;;;/h2-3H2,1H3,(H,10,11)(H,12,13)(H,14,15)(H,16,17);;;;/t8-;;;;/m0..../s1. The van der Waals surface area contributed by atoms with Crippen LogP contribution in [-0.2, 0) is 9.59 Å².